The predicted octanol–water partition coefficient (Wildman–Crippen LogP) is 3.88. The molecule has 30 heavy (non-hydrogen) atoms. The van der Waals surface area contributed by atoms with Crippen LogP contribution in [0.25, 0.3) is 22.5 Å². The second kappa shape index (κ2) is 8.05. The molecule has 1 aliphatic carbocycles. The summed E-state index contributed by atoms with van der Waals surface area (Å²) in [7, 11) is 2.17. The van der Waals surface area contributed by atoms with Crippen LogP contribution in [-0.4, -0.2) is 58.9 Å². The summed E-state index contributed by atoms with van der Waals surface area (Å²) in [5.41, 5.74) is 6.31. The molecule has 0 saturated carbocycles. The second-order valence-corrected chi connectivity index (χ2v) is 8.19. The Morgan fingerprint density at radius 1 is 0.967 bits per heavy atom. The molecule has 0 amide bonds. The zero-order valence-electron chi connectivity index (χ0n) is 17.2. The van der Waals surface area contributed by atoms with Crippen molar-refractivity contribution in [3.8, 4) is 22.5 Å². The van der Waals surface area contributed by atoms with Gasteiger partial charge in [-0.3, -0.25) is 9.88 Å². The van der Waals surface area contributed by atoms with E-state index < -0.39 is 0 Å². The summed E-state index contributed by atoms with van der Waals surface area (Å²) in [5, 5.41) is 12.7. The molecule has 0 radical (unpaired) electrons. The lowest BCUT2D eigenvalue weighted by Crippen LogP contribution is -2.43. The van der Waals surface area contributed by atoms with Crippen molar-refractivity contribution in [3.05, 3.63) is 65.7 Å². The van der Waals surface area contributed by atoms with Gasteiger partial charge >= 0.3 is 0 Å². The molecule has 0 atom stereocenters. The van der Waals surface area contributed by atoms with E-state index in [1.165, 1.54) is 5.56 Å². The van der Waals surface area contributed by atoms with Crippen molar-refractivity contribution in [1.29, 1.82) is 0 Å². The largest absolute Gasteiger partial charge is 0.459 e. The van der Waals surface area contributed by atoms with Crippen LogP contribution in [0.2, 0.25) is 0 Å². The topological polar surface area (TPSA) is 65.1 Å². The maximum Gasteiger partial charge on any atom is 0.142 e. The Morgan fingerprint density at radius 2 is 1.77 bits per heavy atom. The highest BCUT2D eigenvalue weighted by Gasteiger charge is 2.22. The van der Waals surface area contributed by atoms with E-state index in [4.69, 9.17) is 4.42 Å². The number of hydrogen-bond donors (Lipinski definition) is 1. The van der Waals surface area contributed by atoms with E-state index in [0.29, 0.717) is 0 Å². The lowest BCUT2D eigenvalue weighted by molar-refractivity contribution is 0.140. The van der Waals surface area contributed by atoms with Crippen molar-refractivity contribution < 1.29 is 9.62 Å². The number of nitrogens with zero attached hydrogens (tertiary/aromatic N) is 4. The summed E-state index contributed by atoms with van der Waals surface area (Å²) in [4.78, 5) is 8.97. The third-order valence-electron chi connectivity index (χ3n) is 6.18. The SMILES string of the molecule is CN1CCN(Cc2cc(-c3ccc4c(c3)CC/C4=N\O)c(-c3ccncc3)o2)CC1. The van der Waals surface area contributed by atoms with Gasteiger partial charge in [0.05, 0.1) is 12.3 Å². The lowest BCUT2D eigenvalue weighted by atomic mass is 9.98. The Labute approximate surface area is 176 Å². The Hall–Kier alpha value is -2.96. The molecule has 1 N–H and O–H groups in total. The zero-order valence-corrected chi connectivity index (χ0v) is 17.2. The number of hydrogen-bond acceptors (Lipinski definition) is 6. The fourth-order valence-electron chi connectivity index (χ4n) is 4.42. The van der Waals surface area contributed by atoms with Crippen LogP contribution >= 0.6 is 0 Å². The molecule has 1 aromatic carbocycles. The van der Waals surface area contributed by atoms with Crippen LogP contribution in [0, 0.1) is 0 Å². The third kappa shape index (κ3) is 3.64. The van der Waals surface area contributed by atoms with E-state index >= 15 is 0 Å². The van der Waals surface area contributed by atoms with Crippen LogP contribution in [0.3, 0.4) is 0 Å². The van der Waals surface area contributed by atoms with Gasteiger partial charge in [0.25, 0.3) is 0 Å². The van der Waals surface area contributed by atoms with Gasteiger partial charge in [0.1, 0.15) is 11.5 Å². The molecule has 1 aliphatic heterocycles. The Morgan fingerprint density at radius 3 is 2.53 bits per heavy atom. The number of aryl methyl sites for hydroxylation is 1. The summed E-state index contributed by atoms with van der Waals surface area (Å²) in [5.74, 6) is 1.87. The molecule has 0 spiro atoms. The molecule has 3 heterocycles. The number of furan rings is 1. The van der Waals surface area contributed by atoms with Crippen molar-refractivity contribution in [2.45, 2.75) is 19.4 Å². The molecule has 2 aliphatic rings. The number of aromatic nitrogens is 1. The normalized spacial score (nSPS) is 18.8. The fourth-order valence-corrected chi connectivity index (χ4v) is 4.42. The molecule has 5 rings (SSSR count). The first-order chi connectivity index (χ1) is 14.7. The van der Waals surface area contributed by atoms with Gasteiger partial charge in [-0.2, -0.15) is 0 Å². The highest BCUT2D eigenvalue weighted by atomic mass is 16.4. The third-order valence-corrected chi connectivity index (χ3v) is 6.18. The summed E-state index contributed by atoms with van der Waals surface area (Å²) in [6.45, 7) is 5.10. The van der Waals surface area contributed by atoms with E-state index in [1.807, 2.05) is 12.1 Å². The minimum atomic E-state index is 0.772. The number of rotatable bonds is 4. The highest BCUT2D eigenvalue weighted by molar-refractivity contribution is 6.04. The molecule has 6 nitrogen and oxygen atoms in total. The summed E-state index contributed by atoms with van der Waals surface area (Å²) in [6, 6.07) is 12.5. The van der Waals surface area contributed by atoms with Gasteiger partial charge in [0.2, 0.25) is 0 Å². The predicted molar refractivity (Wildman–Crippen MR) is 117 cm³/mol. The summed E-state index contributed by atoms with van der Waals surface area (Å²) >= 11 is 0. The average molecular weight is 402 g/mol. The maximum atomic E-state index is 9.23. The number of likely N-dealkylation sites (N-methyl/N-ethyl adjacent to an activating group) is 1. The van der Waals surface area contributed by atoms with Crippen LogP contribution in [0.4, 0.5) is 0 Å². The van der Waals surface area contributed by atoms with Gasteiger partial charge in [0, 0.05) is 55.3 Å². The molecule has 1 fully saturated rings. The second-order valence-electron chi connectivity index (χ2n) is 8.19. The van der Waals surface area contributed by atoms with E-state index in [-0.39, 0.29) is 0 Å². The van der Waals surface area contributed by atoms with Gasteiger partial charge in [-0.05, 0) is 49.2 Å². The number of piperazine rings is 1. The quantitative estimate of drug-likeness (QED) is 0.530. The van der Waals surface area contributed by atoms with Crippen LogP contribution in [0.5, 0.6) is 0 Å². The first-order valence-corrected chi connectivity index (χ1v) is 10.5. The van der Waals surface area contributed by atoms with E-state index in [0.717, 1.165) is 85.1 Å². The molecule has 1 saturated heterocycles. The van der Waals surface area contributed by atoms with E-state index in [1.54, 1.807) is 12.4 Å². The van der Waals surface area contributed by atoms with Gasteiger partial charge < -0.3 is 14.5 Å². The van der Waals surface area contributed by atoms with Crippen molar-refractivity contribution in [3.63, 3.8) is 0 Å². The number of fused-ring (bicyclic) bond motifs is 1. The standard InChI is InChI=1S/C24H26N4O2/c1-27-10-12-28(13-11-27)16-20-15-22(24(30-20)17-6-8-25-9-7-17)19-2-4-21-18(14-19)3-5-23(21)26-29/h2,4,6-9,14-15,29H,3,5,10-13,16H2,1H3/b26-23+. The minimum Gasteiger partial charge on any atom is -0.459 e. The Balaban J connectivity index is 1.51. The smallest absolute Gasteiger partial charge is 0.142 e. The molecule has 6 heteroatoms. The van der Waals surface area contributed by atoms with Gasteiger partial charge in [-0.1, -0.05) is 23.4 Å². The fraction of sp³-hybridized carbons (Fsp3) is 0.333. The molecule has 2 aromatic heterocycles. The van der Waals surface area contributed by atoms with Gasteiger partial charge in [-0.25, -0.2) is 0 Å². The van der Waals surface area contributed by atoms with Crippen LogP contribution in [-0.2, 0) is 13.0 Å². The van der Waals surface area contributed by atoms with Gasteiger partial charge in [-0.15, -0.1) is 0 Å². The van der Waals surface area contributed by atoms with Crippen molar-refractivity contribution >= 4 is 5.71 Å². The highest BCUT2D eigenvalue weighted by Crippen LogP contribution is 2.37. The Bertz CT molecular complexity index is 1070. The monoisotopic (exact) mass is 402 g/mol. The number of oxime groups is 1. The van der Waals surface area contributed by atoms with Crippen molar-refractivity contribution in [1.82, 2.24) is 14.8 Å². The molecule has 154 valence electrons. The number of benzene rings is 1. The zero-order chi connectivity index (χ0) is 20.5. The summed E-state index contributed by atoms with van der Waals surface area (Å²) in [6.07, 6.45) is 5.29. The van der Waals surface area contributed by atoms with Crippen LogP contribution < -0.4 is 0 Å². The number of pyridine rings is 1. The van der Waals surface area contributed by atoms with Crippen molar-refractivity contribution in [2.75, 3.05) is 33.2 Å². The lowest BCUT2D eigenvalue weighted by Gasteiger charge is -2.31. The molecule has 0 bridgehead atoms. The first-order valence-electron chi connectivity index (χ1n) is 10.5. The minimum absolute atomic E-state index is 0.772. The van der Waals surface area contributed by atoms with E-state index in [2.05, 4.69) is 51.3 Å². The summed E-state index contributed by atoms with van der Waals surface area (Å²) < 4.78 is 6.40. The Kier molecular flexibility index (Phi) is 5.11. The van der Waals surface area contributed by atoms with E-state index in [9.17, 15) is 5.21 Å². The van der Waals surface area contributed by atoms with Crippen molar-refractivity contribution in [2.24, 2.45) is 5.16 Å². The molecule has 3 aromatic rings. The average Bonchev–Trinajstić information content (AvgIpc) is 3.39. The van der Waals surface area contributed by atoms with Crippen LogP contribution in [0.15, 0.2) is 58.4 Å². The molecule has 0 unspecified atom stereocenters. The van der Waals surface area contributed by atoms with Gasteiger partial charge in [0.15, 0.2) is 0 Å². The molecular weight excluding hydrogens is 376 g/mol. The molecular formula is C24H26N4O2. The van der Waals surface area contributed by atoms with Crippen LogP contribution in [0.1, 0.15) is 23.3 Å². The maximum absolute atomic E-state index is 9.23. The first kappa shape index (κ1) is 19.0.